The van der Waals surface area contributed by atoms with Gasteiger partial charge in [0.1, 0.15) is 18.5 Å². The second-order valence-electron chi connectivity index (χ2n) is 5.29. The summed E-state index contributed by atoms with van der Waals surface area (Å²) in [6.45, 7) is 3.27. The fraction of sp³-hybridized carbons (Fsp3) is 0.353. The summed E-state index contributed by atoms with van der Waals surface area (Å²) in [6, 6.07) is 14.4. The number of ether oxygens (including phenoxy) is 2. The van der Waals surface area contributed by atoms with E-state index in [2.05, 4.69) is 9.88 Å². The zero-order valence-electron chi connectivity index (χ0n) is 12.3. The molecule has 1 unspecified atom stereocenters. The maximum atomic E-state index is 13.0. The van der Waals surface area contributed by atoms with E-state index >= 15 is 0 Å². The molecule has 0 aliphatic carbocycles. The second kappa shape index (κ2) is 7.22. The summed E-state index contributed by atoms with van der Waals surface area (Å²) in [5.41, 5.74) is 0. The predicted octanol–water partition coefficient (Wildman–Crippen LogP) is 2.75. The highest BCUT2D eigenvalue weighted by Crippen LogP contribution is 2.17. The van der Waals surface area contributed by atoms with Crippen LogP contribution in [0.5, 0.6) is 11.6 Å². The Morgan fingerprint density at radius 2 is 2.00 bits per heavy atom. The van der Waals surface area contributed by atoms with Crippen LogP contribution < -0.4 is 9.47 Å². The first-order valence-corrected chi connectivity index (χ1v) is 7.49. The standard InChI is InChI=1S/C17H19FN2O2/c18-16-7-4-8-17(19-16)22-15-9-10-20(13-15)11-12-21-14-5-2-1-3-6-14/h1-8,15H,9-13H2. The van der Waals surface area contributed by atoms with Crippen molar-refractivity contribution in [2.24, 2.45) is 0 Å². The molecule has 1 aliphatic rings. The Kier molecular flexibility index (Phi) is 4.85. The molecule has 3 rings (SSSR count). The van der Waals surface area contributed by atoms with E-state index in [0.29, 0.717) is 12.5 Å². The minimum atomic E-state index is -0.511. The fourth-order valence-electron chi connectivity index (χ4n) is 2.53. The van der Waals surface area contributed by atoms with Gasteiger partial charge < -0.3 is 9.47 Å². The lowest BCUT2D eigenvalue weighted by Gasteiger charge is -2.16. The average Bonchev–Trinajstić information content (AvgIpc) is 2.96. The van der Waals surface area contributed by atoms with Gasteiger partial charge in [-0.25, -0.2) is 0 Å². The van der Waals surface area contributed by atoms with E-state index in [4.69, 9.17) is 9.47 Å². The SMILES string of the molecule is Fc1cccc(OC2CCN(CCOc3ccccc3)C2)n1. The second-order valence-corrected chi connectivity index (χ2v) is 5.29. The number of para-hydroxylation sites is 1. The predicted molar refractivity (Wildman–Crippen MR) is 81.6 cm³/mol. The van der Waals surface area contributed by atoms with Crippen molar-refractivity contribution < 1.29 is 13.9 Å². The van der Waals surface area contributed by atoms with E-state index in [1.54, 1.807) is 12.1 Å². The van der Waals surface area contributed by atoms with Gasteiger partial charge in [-0.2, -0.15) is 9.37 Å². The van der Waals surface area contributed by atoms with E-state index in [1.807, 2.05) is 30.3 Å². The summed E-state index contributed by atoms with van der Waals surface area (Å²) >= 11 is 0. The topological polar surface area (TPSA) is 34.6 Å². The Labute approximate surface area is 129 Å². The van der Waals surface area contributed by atoms with E-state index in [1.165, 1.54) is 6.07 Å². The van der Waals surface area contributed by atoms with E-state index < -0.39 is 5.95 Å². The molecule has 0 amide bonds. The lowest BCUT2D eigenvalue weighted by atomic mass is 10.3. The number of halogens is 1. The summed E-state index contributed by atoms with van der Waals surface area (Å²) in [5.74, 6) is 0.731. The summed E-state index contributed by atoms with van der Waals surface area (Å²) in [4.78, 5) is 6.02. The Morgan fingerprint density at radius 3 is 2.82 bits per heavy atom. The normalized spacial score (nSPS) is 18.3. The van der Waals surface area contributed by atoms with Crippen molar-refractivity contribution in [2.75, 3.05) is 26.2 Å². The van der Waals surface area contributed by atoms with Crippen LogP contribution in [-0.2, 0) is 0 Å². The largest absolute Gasteiger partial charge is 0.492 e. The molecule has 0 saturated carbocycles. The van der Waals surface area contributed by atoms with Gasteiger partial charge in [0, 0.05) is 25.7 Å². The minimum absolute atomic E-state index is 0.0611. The van der Waals surface area contributed by atoms with Crippen LogP contribution in [0.4, 0.5) is 4.39 Å². The highest BCUT2D eigenvalue weighted by atomic mass is 19.1. The fourth-order valence-corrected chi connectivity index (χ4v) is 2.53. The van der Waals surface area contributed by atoms with Crippen LogP contribution in [0.25, 0.3) is 0 Å². The number of benzene rings is 1. The van der Waals surface area contributed by atoms with Crippen molar-refractivity contribution in [3.63, 3.8) is 0 Å². The molecule has 5 heteroatoms. The first-order chi connectivity index (χ1) is 10.8. The molecule has 1 fully saturated rings. The molecule has 4 nitrogen and oxygen atoms in total. The number of hydrogen-bond donors (Lipinski definition) is 0. The number of likely N-dealkylation sites (tertiary alicyclic amines) is 1. The molecule has 0 radical (unpaired) electrons. The van der Waals surface area contributed by atoms with Crippen LogP contribution in [0.2, 0.25) is 0 Å². The van der Waals surface area contributed by atoms with E-state index in [0.717, 1.165) is 31.8 Å². The van der Waals surface area contributed by atoms with Gasteiger partial charge in [0.25, 0.3) is 0 Å². The van der Waals surface area contributed by atoms with Crippen molar-refractivity contribution in [3.05, 3.63) is 54.5 Å². The van der Waals surface area contributed by atoms with Crippen molar-refractivity contribution in [1.82, 2.24) is 9.88 Å². The summed E-state index contributed by atoms with van der Waals surface area (Å²) in [5, 5.41) is 0. The van der Waals surface area contributed by atoms with Crippen LogP contribution in [0.15, 0.2) is 48.5 Å². The lowest BCUT2D eigenvalue weighted by molar-refractivity contribution is 0.180. The molecule has 2 heterocycles. The molecule has 1 atom stereocenters. The summed E-state index contributed by atoms with van der Waals surface area (Å²) < 4.78 is 24.4. The molecule has 116 valence electrons. The summed E-state index contributed by atoms with van der Waals surface area (Å²) in [6.07, 6.45) is 0.981. The molecule has 1 saturated heterocycles. The maximum Gasteiger partial charge on any atom is 0.216 e. The van der Waals surface area contributed by atoms with Gasteiger partial charge in [0.2, 0.25) is 11.8 Å². The molecule has 1 aromatic carbocycles. The Bertz CT molecular complexity index is 594. The van der Waals surface area contributed by atoms with Gasteiger partial charge in [0.15, 0.2) is 0 Å². The van der Waals surface area contributed by atoms with E-state index in [-0.39, 0.29) is 6.10 Å². The molecule has 1 aromatic heterocycles. The monoisotopic (exact) mass is 302 g/mol. The van der Waals surface area contributed by atoms with Gasteiger partial charge in [-0.3, -0.25) is 4.90 Å². The van der Waals surface area contributed by atoms with E-state index in [9.17, 15) is 4.39 Å². The van der Waals surface area contributed by atoms with Crippen LogP contribution in [0, 0.1) is 5.95 Å². The van der Waals surface area contributed by atoms with Crippen molar-refractivity contribution in [1.29, 1.82) is 0 Å². The van der Waals surface area contributed by atoms with Crippen molar-refractivity contribution in [3.8, 4) is 11.6 Å². The van der Waals surface area contributed by atoms with Crippen LogP contribution in [0.1, 0.15) is 6.42 Å². The molecule has 2 aromatic rings. The van der Waals surface area contributed by atoms with Crippen LogP contribution in [0.3, 0.4) is 0 Å². The minimum Gasteiger partial charge on any atom is -0.492 e. The molecular weight excluding hydrogens is 283 g/mol. The molecule has 0 spiro atoms. The van der Waals surface area contributed by atoms with Gasteiger partial charge >= 0.3 is 0 Å². The van der Waals surface area contributed by atoms with Gasteiger partial charge in [-0.05, 0) is 24.6 Å². The van der Waals surface area contributed by atoms with Gasteiger partial charge in [0.05, 0.1) is 0 Å². The Morgan fingerprint density at radius 1 is 1.14 bits per heavy atom. The molecule has 0 N–H and O–H groups in total. The van der Waals surface area contributed by atoms with Crippen LogP contribution in [-0.4, -0.2) is 42.2 Å². The number of aromatic nitrogens is 1. The molecule has 0 bridgehead atoms. The number of rotatable bonds is 6. The van der Waals surface area contributed by atoms with Crippen molar-refractivity contribution >= 4 is 0 Å². The first-order valence-electron chi connectivity index (χ1n) is 7.49. The van der Waals surface area contributed by atoms with Crippen molar-refractivity contribution in [2.45, 2.75) is 12.5 Å². The number of pyridine rings is 1. The first kappa shape index (κ1) is 14.8. The zero-order chi connectivity index (χ0) is 15.2. The highest BCUT2D eigenvalue weighted by molar-refractivity contribution is 5.20. The Hall–Kier alpha value is -2.14. The van der Waals surface area contributed by atoms with Crippen LogP contribution >= 0.6 is 0 Å². The third-order valence-electron chi connectivity index (χ3n) is 3.63. The smallest absolute Gasteiger partial charge is 0.216 e. The Balaban J connectivity index is 1.41. The molecule has 1 aliphatic heterocycles. The van der Waals surface area contributed by atoms with Gasteiger partial charge in [-0.15, -0.1) is 0 Å². The van der Waals surface area contributed by atoms with Gasteiger partial charge in [-0.1, -0.05) is 24.3 Å². The number of hydrogen-bond acceptors (Lipinski definition) is 4. The quantitative estimate of drug-likeness (QED) is 0.769. The average molecular weight is 302 g/mol. The third kappa shape index (κ3) is 4.18. The molecular formula is C17H19FN2O2. The number of nitrogens with zero attached hydrogens (tertiary/aromatic N) is 2. The third-order valence-corrected chi connectivity index (χ3v) is 3.63. The highest BCUT2D eigenvalue weighted by Gasteiger charge is 2.24. The molecule has 22 heavy (non-hydrogen) atoms. The zero-order valence-corrected chi connectivity index (χ0v) is 12.3. The maximum absolute atomic E-state index is 13.0. The lowest BCUT2D eigenvalue weighted by Crippen LogP contribution is -2.28. The summed E-state index contributed by atoms with van der Waals surface area (Å²) in [7, 11) is 0.